The van der Waals surface area contributed by atoms with Crippen molar-refractivity contribution in [3.63, 3.8) is 0 Å². The molecule has 19 heteroatoms. The molecule has 18 nitrogen and oxygen atoms in total. The molecule has 364 valence electrons. The minimum atomic E-state index is -4.60. The molecule has 7 rings (SSSR count). The molecule has 0 spiro atoms. The summed E-state index contributed by atoms with van der Waals surface area (Å²) in [5.41, 5.74) is 0.531. The van der Waals surface area contributed by atoms with Crippen LogP contribution in [-0.2, 0) is 35.6 Å². The summed E-state index contributed by atoms with van der Waals surface area (Å²) in [6.45, 7) is 13.4. The van der Waals surface area contributed by atoms with Gasteiger partial charge in [0.1, 0.15) is 43.3 Å². The van der Waals surface area contributed by atoms with Crippen LogP contribution in [-0.4, -0.2) is 84.8 Å². The molecule has 3 aromatic heterocycles. The Kier molecular flexibility index (Phi) is 17.5. The minimum Gasteiger partial charge on any atom is -0.778 e. The summed E-state index contributed by atoms with van der Waals surface area (Å²) in [5.74, 6) is 0.816. The van der Waals surface area contributed by atoms with Gasteiger partial charge in [-0.05, 0) is 68.1 Å². The Bertz CT molecular complexity index is 2620. The largest absolute Gasteiger partial charge is 0.778 e. The number of hydrogen-bond donors (Lipinski definition) is 3. The van der Waals surface area contributed by atoms with Crippen molar-refractivity contribution in [2.24, 2.45) is 5.92 Å². The van der Waals surface area contributed by atoms with Gasteiger partial charge in [-0.25, -0.2) is 4.98 Å². The molecule has 1 aliphatic rings. The van der Waals surface area contributed by atoms with Crippen LogP contribution in [0, 0.1) is 11.1 Å². The number of H-pyrrole nitrogens is 1. The maximum absolute atomic E-state index is 13.5. The van der Waals surface area contributed by atoms with E-state index in [-0.39, 0.29) is 47.5 Å². The smallest absolute Gasteiger partial charge is 0.280 e. The number of aromatic nitrogens is 5. The first-order valence-electron chi connectivity index (χ1n) is 22.7. The number of carbonyl (C=O) groups is 1. The molecule has 1 amide bonds. The number of amides is 1. The summed E-state index contributed by atoms with van der Waals surface area (Å²) in [5, 5.41) is 15.1. The summed E-state index contributed by atoms with van der Waals surface area (Å²) in [7, 11) is -0.00843. The van der Waals surface area contributed by atoms with Crippen LogP contribution >= 0.6 is 7.60 Å². The second-order valence-electron chi connectivity index (χ2n) is 16.5. The average Bonchev–Trinajstić information content (AvgIpc) is 3.97. The Labute approximate surface area is 396 Å². The molecular weight excluding hydrogens is 894 g/mol. The van der Waals surface area contributed by atoms with Gasteiger partial charge < -0.3 is 47.8 Å². The van der Waals surface area contributed by atoms with Crippen molar-refractivity contribution < 1.29 is 52.1 Å². The molecule has 0 bridgehead atoms. The SMILES string of the molecule is CC[NH+](CC)CC.COc1ccc(C(O[C@H]2C[C@H](n3cnc4c(=O)[nH]c(NC(=O)C(C)C)nc43)O[C@@H]2CCP(=O)([O-])OCc2cc(OC)cc[n+]2[O-])(c2ccccc2)c2ccc(OC)cc2)cc1. The van der Waals surface area contributed by atoms with E-state index < -0.39 is 50.0 Å². The summed E-state index contributed by atoms with van der Waals surface area (Å²) >= 11 is 0. The Morgan fingerprint density at radius 1 is 0.926 bits per heavy atom. The predicted molar refractivity (Wildman–Crippen MR) is 254 cm³/mol. The summed E-state index contributed by atoms with van der Waals surface area (Å²) in [6.07, 6.45) is -0.400. The first kappa shape index (κ1) is 51.3. The fourth-order valence-corrected chi connectivity index (χ4v) is 9.00. The van der Waals surface area contributed by atoms with Crippen LogP contribution in [0.4, 0.5) is 5.95 Å². The maximum Gasteiger partial charge on any atom is 0.280 e. The third kappa shape index (κ3) is 12.1. The summed E-state index contributed by atoms with van der Waals surface area (Å²) in [6, 6.07) is 27.4. The topological polar surface area (TPSA) is 220 Å². The van der Waals surface area contributed by atoms with E-state index in [0.717, 1.165) is 16.7 Å². The maximum atomic E-state index is 13.5. The van der Waals surface area contributed by atoms with Crippen molar-refractivity contribution >= 4 is 30.6 Å². The van der Waals surface area contributed by atoms with Crippen molar-refractivity contribution in [2.75, 3.05) is 52.4 Å². The fraction of sp³-hybridized carbons (Fsp3) is 0.408. The number of benzene rings is 3. The van der Waals surface area contributed by atoms with E-state index >= 15 is 0 Å². The van der Waals surface area contributed by atoms with E-state index in [4.69, 9.17) is 28.2 Å². The Hall–Kier alpha value is -6.14. The Balaban J connectivity index is 0.00000101. The molecule has 1 saturated heterocycles. The van der Waals surface area contributed by atoms with Crippen LogP contribution in [0.3, 0.4) is 0 Å². The number of fused-ring (bicyclic) bond motifs is 1. The molecule has 4 atom stereocenters. The Morgan fingerprint density at radius 2 is 1.51 bits per heavy atom. The molecular formula is C49H62N7O11P. The quantitative estimate of drug-likeness (QED) is 0.0392. The van der Waals surface area contributed by atoms with Crippen LogP contribution < -0.4 is 39.6 Å². The molecule has 1 fully saturated rings. The number of carbonyl (C=O) groups excluding carboxylic acids is 1. The molecule has 3 N–H and O–H groups in total. The number of quaternary nitrogens is 1. The van der Waals surface area contributed by atoms with Gasteiger partial charge in [0.05, 0.1) is 65.6 Å². The zero-order valence-electron chi connectivity index (χ0n) is 39.8. The highest BCUT2D eigenvalue weighted by atomic mass is 31.2. The van der Waals surface area contributed by atoms with Gasteiger partial charge in [-0.15, -0.1) is 0 Å². The van der Waals surface area contributed by atoms with Crippen LogP contribution in [0.1, 0.15) is 76.1 Å². The number of nitrogens with zero attached hydrogens (tertiary/aromatic N) is 4. The third-order valence-electron chi connectivity index (χ3n) is 12.0. The number of rotatable bonds is 20. The van der Waals surface area contributed by atoms with Gasteiger partial charge in [0.15, 0.2) is 17.4 Å². The lowest BCUT2D eigenvalue weighted by molar-refractivity contribution is -0.894. The van der Waals surface area contributed by atoms with E-state index in [1.54, 1.807) is 37.5 Å². The number of ether oxygens (including phenoxy) is 5. The second-order valence-corrected chi connectivity index (χ2v) is 18.4. The summed E-state index contributed by atoms with van der Waals surface area (Å²) in [4.78, 5) is 52.4. The number of pyridine rings is 1. The van der Waals surface area contributed by atoms with Gasteiger partial charge in [0.25, 0.3) is 5.56 Å². The zero-order valence-corrected chi connectivity index (χ0v) is 40.7. The van der Waals surface area contributed by atoms with E-state index in [2.05, 4.69) is 41.0 Å². The highest BCUT2D eigenvalue weighted by Gasteiger charge is 2.46. The first-order valence-corrected chi connectivity index (χ1v) is 24.4. The standard InChI is InChI=1S/C43H47N6O11P.C6H15N/c1-27(2)40(50)46-42-45-39-38(41(51)47-42)44-26-48(39)37-24-36(35(59-37)20-22-61(53,54)58-25-31-23-34(57-5)19-21-49(31)52)60-43(28-9-7-6-8-10-28,29-11-15-32(55-3)16-12-29)30-13-17-33(56-4)18-14-30;1-4-7(5-2)6-3/h6-19,21,23,26-27,35-37H,20,22,24-25H2,1-5H3,(H,53,54)(H2,45,46,47,50,51);4-6H2,1-3H3/t35-,36+,37-;/m1./s1. The number of hydrogen-bond acceptors (Lipinski definition) is 13. The number of methoxy groups -OCH3 is 3. The van der Waals surface area contributed by atoms with Gasteiger partial charge in [-0.3, -0.25) is 24.5 Å². The van der Waals surface area contributed by atoms with E-state index in [1.807, 2.05) is 78.9 Å². The van der Waals surface area contributed by atoms with E-state index in [1.165, 1.54) is 51.4 Å². The number of imidazole rings is 1. The lowest BCUT2D eigenvalue weighted by Gasteiger charge is -2.39. The fourth-order valence-electron chi connectivity index (χ4n) is 7.97. The van der Waals surface area contributed by atoms with Crippen LogP contribution in [0.25, 0.3) is 11.2 Å². The van der Waals surface area contributed by atoms with Gasteiger partial charge in [0, 0.05) is 24.6 Å². The normalized spacial score (nSPS) is 16.8. The van der Waals surface area contributed by atoms with Crippen LogP contribution in [0.5, 0.6) is 17.2 Å². The predicted octanol–water partition coefficient (Wildman–Crippen LogP) is 5.13. The van der Waals surface area contributed by atoms with Crippen molar-refractivity contribution in [2.45, 2.75) is 78.1 Å². The second kappa shape index (κ2) is 23.2. The highest BCUT2D eigenvalue weighted by molar-refractivity contribution is 7.51. The molecule has 6 aromatic rings. The van der Waals surface area contributed by atoms with Crippen LogP contribution in [0.2, 0.25) is 0 Å². The van der Waals surface area contributed by atoms with E-state index in [9.17, 15) is 24.3 Å². The Morgan fingerprint density at radius 3 is 2.06 bits per heavy atom. The average molecular weight is 956 g/mol. The minimum absolute atomic E-state index is 0.00720. The van der Waals surface area contributed by atoms with Crippen molar-refractivity contribution in [1.82, 2.24) is 19.5 Å². The van der Waals surface area contributed by atoms with Gasteiger partial charge in [0.2, 0.25) is 17.5 Å². The van der Waals surface area contributed by atoms with Gasteiger partial charge in [-0.1, -0.05) is 68.4 Å². The van der Waals surface area contributed by atoms with Crippen molar-refractivity contribution in [1.29, 1.82) is 0 Å². The monoisotopic (exact) mass is 955 g/mol. The van der Waals surface area contributed by atoms with Crippen LogP contribution in [0.15, 0.2) is 108 Å². The third-order valence-corrected chi connectivity index (χ3v) is 13.3. The number of nitrogens with one attached hydrogen (secondary N) is 3. The molecule has 0 radical (unpaired) electrons. The molecule has 4 heterocycles. The molecule has 0 saturated carbocycles. The number of aromatic amines is 1. The van der Waals surface area contributed by atoms with Gasteiger partial charge >= 0.3 is 0 Å². The molecule has 0 aliphatic carbocycles. The van der Waals surface area contributed by atoms with Crippen molar-refractivity contribution in [3.05, 3.63) is 141 Å². The lowest BCUT2D eigenvalue weighted by atomic mass is 9.79. The van der Waals surface area contributed by atoms with E-state index in [0.29, 0.717) is 22.0 Å². The molecule has 1 unspecified atom stereocenters. The zero-order chi connectivity index (χ0) is 49.0. The highest BCUT2D eigenvalue weighted by Crippen LogP contribution is 2.48. The molecule has 1 aliphatic heterocycles. The summed E-state index contributed by atoms with van der Waals surface area (Å²) < 4.78 is 51.3. The van der Waals surface area contributed by atoms with Crippen molar-refractivity contribution in [3.8, 4) is 17.2 Å². The first-order chi connectivity index (χ1) is 32.7. The lowest BCUT2D eigenvalue weighted by Crippen LogP contribution is -3.11. The van der Waals surface area contributed by atoms with Gasteiger partial charge in [-0.2, -0.15) is 9.71 Å². The number of anilines is 1. The molecule has 3 aromatic carbocycles. The molecule has 68 heavy (non-hydrogen) atoms.